The lowest BCUT2D eigenvalue weighted by Gasteiger charge is -2.08. The van der Waals surface area contributed by atoms with Gasteiger partial charge in [0, 0.05) is 11.5 Å². The Morgan fingerprint density at radius 2 is 1.25 bits per heavy atom. The fourth-order valence-electron chi connectivity index (χ4n) is 4.43. The van der Waals surface area contributed by atoms with Crippen LogP contribution in [0.4, 0.5) is 0 Å². The number of hydrogen-bond acceptors (Lipinski definition) is 4. The first-order valence-electron chi connectivity index (χ1n) is 13.1. The fourth-order valence-corrected chi connectivity index (χ4v) is 4.43. The topological polar surface area (TPSA) is 48.7 Å². The molecule has 4 aromatic rings. The van der Waals surface area contributed by atoms with Crippen molar-refractivity contribution in [3.63, 3.8) is 0 Å². The second-order valence-corrected chi connectivity index (χ2v) is 9.28. The molecule has 0 radical (unpaired) electrons. The SMILES string of the molecule is CCCCCCCCCCOc1ccc2cc(-c3ccc(-c4ccc(OC)cc4)cc3)c(=O)oc2c1. The predicted molar refractivity (Wildman–Crippen MR) is 148 cm³/mol. The highest BCUT2D eigenvalue weighted by atomic mass is 16.5. The summed E-state index contributed by atoms with van der Waals surface area (Å²) in [5.74, 6) is 1.57. The second-order valence-electron chi connectivity index (χ2n) is 9.28. The van der Waals surface area contributed by atoms with Crippen molar-refractivity contribution < 1.29 is 13.9 Å². The number of methoxy groups -OCH3 is 1. The van der Waals surface area contributed by atoms with E-state index in [1.54, 1.807) is 7.11 Å². The Bertz CT molecular complexity index is 1290. The van der Waals surface area contributed by atoms with Gasteiger partial charge in [-0.3, -0.25) is 0 Å². The maximum absolute atomic E-state index is 12.8. The van der Waals surface area contributed by atoms with E-state index < -0.39 is 0 Å². The van der Waals surface area contributed by atoms with Crippen molar-refractivity contribution in [2.24, 2.45) is 0 Å². The molecule has 0 aliphatic carbocycles. The van der Waals surface area contributed by atoms with E-state index in [-0.39, 0.29) is 5.63 Å². The molecule has 1 heterocycles. The fraction of sp³-hybridized carbons (Fsp3) is 0.344. The van der Waals surface area contributed by atoms with Crippen LogP contribution in [-0.4, -0.2) is 13.7 Å². The summed E-state index contributed by atoms with van der Waals surface area (Å²) in [6.07, 6.45) is 10.1. The third-order valence-electron chi connectivity index (χ3n) is 6.59. The lowest BCUT2D eigenvalue weighted by molar-refractivity contribution is 0.304. The van der Waals surface area contributed by atoms with Crippen LogP contribution in [0.15, 0.2) is 82.0 Å². The Kier molecular flexibility index (Phi) is 9.21. The maximum Gasteiger partial charge on any atom is 0.344 e. The number of ether oxygens (including phenoxy) is 2. The summed E-state index contributed by atoms with van der Waals surface area (Å²) in [5, 5.41) is 0.878. The van der Waals surface area contributed by atoms with Gasteiger partial charge in [-0.2, -0.15) is 0 Å². The number of rotatable bonds is 13. The van der Waals surface area contributed by atoms with Crippen LogP contribution in [0.25, 0.3) is 33.2 Å². The zero-order chi connectivity index (χ0) is 25.2. The molecule has 4 heteroatoms. The Hall–Kier alpha value is -3.53. The van der Waals surface area contributed by atoms with Crippen LogP contribution >= 0.6 is 0 Å². The van der Waals surface area contributed by atoms with Gasteiger partial charge in [0.25, 0.3) is 0 Å². The van der Waals surface area contributed by atoms with Gasteiger partial charge in [0.1, 0.15) is 17.1 Å². The monoisotopic (exact) mass is 484 g/mol. The molecule has 0 saturated heterocycles. The number of unbranched alkanes of at least 4 members (excludes halogenated alkanes) is 7. The van der Waals surface area contributed by atoms with Crippen LogP contribution in [0.3, 0.4) is 0 Å². The van der Waals surface area contributed by atoms with Crippen molar-refractivity contribution in [2.45, 2.75) is 58.3 Å². The van der Waals surface area contributed by atoms with E-state index in [1.807, 2.05) is 72.8 Å². The largest absolute Gasteiger partial charge is 0.497 e. The van der Waals surface area contributed by atoms with Gasteiger partial charge in [-0.05, 0) is 53.4 Å². The van der Waals surface area contributed by atoms with Crippen molar-refractivity contribution in [1.29, 1.82) is 0 Å². The molecule has 36 heavy (non-hydrogen) atoms. The molecule has 0 fully saturated rings. The molecule has 0 N–H and O–H groups in total. The average molecular weight is 485 g/mol. The minimum atomic E-state index is -0.347. The highest BCUT2D eigenvalue weighted by Crippen LogP contribution is 2.28. The summed E-state index contributed by atoms with van der Waals surface area (Å²) in [6, 6.07) is 23.5. The van der Waals surface area contributed by atoms with Crippen LogP contribution in [-0.2, 0) is 0 Å². The number of fused-ring (bicyclic) bond motifs is 1. The van der Waals surface area contributed by atoms with Crippen LogP contribution in [0.5, 0.6) is 11.5 Å². The second kappa shape index (κ2) is 13.0. The molecule has 188 valence electrons. The van der Waals surface area contributed by atoms with Crippen LogP contribution < -0.4 is 15.1 Å². The lowest BCUT2D eigenvalue weighted by Crippen LogP contribution is -2.03. The van der Waals surface area contributed by atoms with Crippen molar-refractivity contribution in [1.82, 2.24) is 0 Å². The molecule has 0 aliphatic heterocycles. The molecule has 0 aliphatic rings. The molecule has 0 atom stereocenters. The molecule has 0 saturated carbocycles. The first-order chi connectivity index (χ1) is 17.7. The van der Waals surface area contributed by atoms with Crippen LogP contribution in [0.1, 0.15) is 58.3 Å². The Labute approximate surface area is 213 Å². The summed E-state index contributed by atoms with van der Waals surface area (Å²) in [7, 11) is 1.66. The molecular formula is C32H36O4. The summed E-state index contributed by atoms with van der Waals surface area (Å²) < 4.78 is 16.8. The molecule has 0 spiro atoms. The van der Waals surface area contributed by atoms with E-state index in [9.17, 15) is 4.79 Å². The minimum Gasteiger partial charge on any atom is -0.497 e. The van der Waals surface area contributed by atoms with Gasteiger partial charge in [-0.15, -0.1) is 0 Å². The molecule has 4 rings (SSSR count). The molecule has 4 nitrogen and oxygen atoms in total. The standard InChI is InChI=1S/C32H36O4/c1-3-4-5-6-7-8-9-10-21-35-29-20-17-27-22-30(32(33)36-31(27)23-29)26-13-11-24(12-14-26)25-15-18-28(34-2)19-16-25/h11-20,22-23H,3-10,21H2,1-2H3. The minimum absolute atomic E-state index is 0.347. The zero-order valence-corrected chi connectivity index (χ0v) is 21.4. The first-order valence-corrected chi connectivity index (χ1v) is 13.1. The van der Waals surface area contributed by atoms with Gasteiger partial charge in [-0.1, -0.05) is 88.3 Å². The maximum atomic E-state index is 12.8. The summed E-state index contributed by atoms with van der Waals surface area (Å²) in [5.41, 5.74) is 3.75. The van der Waals surface area contributed by atoms with Gasteiger partial charge >= 0.3 is 5.63 Å². The highest BCUT2D eigenvalue weighted by molar-refractivity contribution is 5.83. The van der Waals surface area contributed by atoms with Crippen molar-refractivity contribution in [3.8, 4) is 33.8 Å². The molecule has 0 unspecified atom stereocenters. The number of benzene rings is 3. The lowest BCUT2D eigenvalue weighted by atomic mass is 10.0. The molecular weight excluding hydrogens is 448 g/mol. The molecule has 0 bridgehead atoms. The Morgan fingerprint density at radius 3 is 1.92 bits per heavy atom. The smallest absolute Gasteiger partial charge is 0.344 e. The van der Waals surface area contributed by atoms with Crippen molar-refractivity contribution in [3.05, 3.63) is 83.2 Å². The van der Waals surface area contributed by atoms with E-state index >= 15 is 0 Å². The first kappa shape index (κ1) is 25.6. The van der Waals surface area contributed by atoms with E-state index in [1.165, 1.54) is 44.9 Å². The third kappa shape index (κ3) is 6.78. The van der Waals surface area contributed by atoms with Crippen molar-refractivity contribution in [2.75, 3.05) is 13.7 Å². The molecule has 0 amide bonds. The quantitative estimate of drug-likeness (QED) is 0.141. The van der Waals surface area contributed by atoms with Gasteiger partial charge in [0.2, 0.25) is 0 Å². The van der Waals surface area contributed by atoms with Crippen molar-refractivity contribution >= 4 is 11.0 Å². The summed E-state index contributed by atoms with van der Waals surface area (Å²) >= 11 is 0. The van der Waals surface area contributed by atoms with Crippen LogP contribution in [0, 0.1) is 0 Å². The summed E-state index contributed by atoms with van der Waals surface area (Å²) in [4.78, 5) is 12.8. The normalized spacial score (nSPS) is 11.1. The van der Waals surface area contributed by atoms with Crippen LogP contribution in [0.2, 0.25) is 0 Å². The number of hydrogen-bond donors (Lipinski definition) is 0. The Balaban J connectivity index is 1.36. The predicted octanol–water partition coefficient (Wildman–Crippen LogP) is 8.66. The van der Waals surface area contributed by atoms with E-state index in [0.717, 1.165) is 40.0 Å². The third-order valence-corrected chi connectivity index (χ3v) is 6.59. The van der Waals surface area contributed by atoms with E-state index in [4.69, 9.17) is 13.9 Å². The average Bonchev–Trinajstić information content (AvgIpc) is 2.92. The highest BCUT2D eigenvalue weighted by Gasteiger charge is 2.10. The van der Waals surface area contributed by atoms with Gasteiger partial charge in [-0.25, -0.2) is 4.79 Å². The zero-order valence-electron chi connectivity index (χ0n) is 21.4. The Morgan fingerprint density at radius 1 is 0.667 bits per heavy atom. The molecule has 1 aromatic heterocycles. The van der Waals surface area contributed by atoms with Gasteiger partial charge < -0.3 is 13.9 Å². The van der Waals surface area contributed by atoms with E-state index in [2.05, 4.69) is 6.92 Å². The van der Waals surface area contributed by atoms with E-state index in [0.29, 0.717) is 17.8 Å². The molecule has 3 aromatic carbocycles. The summed E-state index contributed by atoms with van der Waals surface area (Å²) in [6.45, 7) is 2.93. The van der Waals surface area contributed by atoms with Gasteiger partial charge in [0.15, 0.2) is 0 Å². The van der Waals surface area contributed by atoms with Gasteiger partial charge in [0.05, 0.1) is 19.3 Å².